The van der Waals surface area contributed by atoms with Crippen molar-refractivity contribution in [1.82, 2.24) is 10.2 Å². The average Bonchev–Trinajstić information content (AvgIpc) is 2.88. The number of hydrogen-bond acceptors (Lipinski definition) is 3. The fourth-order valence-corrected chi connectivity index (χ4v) is 2.98. The van der Waals surface area contributed by atoms with Crippen molar-refractivity contribution in [3.05, 3.63) is 35.4 Å². The Morgan fingerprint density at radius 2 is 1.83 bits per heavy atom. The van der Waals surface area contributed by atoms with Crippen LogP contribution in [0.5, 0.6) is 0 Å². The van der Waals surface area contributed by atoms with Crippen LogP contribution in [0.15, 0.2) is 24.3 Å². The zero-order valence-corrected chi connectivity index (χ0v) is 10.5. The normalized spacial score (nSPS) is 31.0. The first-order valence-electron chi connectivity index (χ1n) is 6.21. The van der Waals surface area contributed by atoms with Crippen molar-refractivity contribution in [3.8, 4) is 0 Å². The molecule has 1 unspecified atom stereocenters. The van der Waals surface area contributed by atoms with Gasteiger partial charge in [-0.3, -0.25) is 14.5 Å². The molecule has 4 nitrogen and oxygen atoms in total. The second-order valence-electron chi connectivity index (χ2n) is 5.16. The lowest BCUT2D eigenvalue weighted by molar-refractivity contribution is -0.138. The van der Waals surface area contributed by atoms with Crippen molar-refractivity contribution in [2.75, 3.05) is 13.6 Å². The van der Waals surface area contributed by atoms with E-state index in [0.717, 1.165) is 5.56 Å². The van der Waals surface area contributed by atoms with Gasteiger partial charge in [0.1, 0.15) is 0 Å². The van der Waals surface area contributed by atoms with Gasteiger partial charge in [-0.15, -0.1) is 0 Å². The second-order valence-corrected chi connectivity index (χ2v) is 5.16. The predicted octanol–water partition coefficient (Wildman–Crippen LogP) is 0.870. The highest BCUT2D eigenvalue weighted by atomic mass is 16.2. The van der Waals surface area contributed by atoms with Crippen LogP contribution in [0.1, 0.15) is 17.2 Å². The number of hydrogen-bond donors (Lipinski definition) is 1. The summed E-state index contributed by atoms with van der Waals surface area (Å²) in [5.41, 5.74) is 2.28. The van der Waals surface area contributed by atoms with E-state index in [1.807, 2.05) is 31.2 Å². The minimum atomic E-state index is -0.231. The van der Waals surface area contributed by atoms with E-state index in [1.165, 1.54) is 10.5 Å². The molecule has 0 spiro atoms. The van der Waals surface area contributed by atoms with E-state index in [9.17, 15) is 9.59 Å². The van der Waals surface area contributed by atoms with Crippen molar-refractivity contribution in [3.63, 3.8) is 0 Å². The zero-order valence-electron chi connectivity index (χ0n) is 10.5. The molecule has 2 aliphatic heterocycles. The first-order valence-corrected chi connectivity index (χ1v) is 6.21. The minimum absolute atomic E-state index is 0.0306. The monoisotopic (exact) mass is 244 g/mol. The summed E-state index contributed by atoms with van der Waals surface area (Å²) in [7, 11) is 1.58. The van der Waals surface area contributed by atoms with Gasteiger partial charge in [0, 0.05) is 19.6 Å². The highest BCUT2D eigenvalue weighted by Crippen LogP contribution is 2.40. The van der Waals surface area contributed by atoms with E-state index in [1.54, 1.807) is 7.05 Å². The van der Waals surface area contributed by atoms with Gasteiger partial charge in [0.25, 0.3) is 0 Å². The SMILES string of the molecule is Cc1ccc(C2NC[C@@H]3C(=O)N(C)C(=O)[C@H]23)cc1. The van der Waals surface area contributed by atoms with E-state index < -0.39 is 0 Å². The Labute approximate surface area is 106 Å². The highest BCUT2D eigenvalue weighted by molar-refractivity contribution is 6.05. The summed E-state index contributed by atoms with van der Waals surface area (Å²) in [6, 6.07) is 8.11. The zero-order chi connectivity index (χ0) is 12.9. The number of likely N-dealkylation sites (tertiary alicyclic amines) is 1. The molecular formula is C14H16N2O2. The summed E-state index contributed by atoms with van der Waals surface area (Å²) >= 11 is 0. The average molecular weight is 244 g/mol. The molecule has 0 bridgehead atoms. The van der Waals surface area contributed by atoms with Gasteiger partial charge in [-0.05, 0) is 12.5 Å². The molecule has 2 amide bonds. The van der Waals surface area contributed by atoms with Crippen LogP contribution in [-0.2, 0) is 9.59 Å². The molecule has 2 fully saturated rings. The lowest BCUT2D eigenvalue weighted by Crippen LogP contribution is -2.32. The fraction of sp³-hybridized carbons (Fsp3) is 0.429. The van der Waals surface area contributed by atoms with Crippen LogP contribution in [-0.4, -0.2) is 30.3 Å². The van der Waals surface area contributed by atoms with Crippen molar-refractivity contribution >= 4 is 11.8 Å². The molecule has 1 aromatic carbocycles. The first-order chi connectivity index (χ1) is 8.59. The molecule has 0 saturated carbocycles. The summed E-state index contributed by atoms with van der Waals surface area (Å²) in [5, 5.41) is 3.31. The van der Waals surface area contributed by atoms with Crippen LogP contribution in [0.4, 0.5) is 0 Å². The van der Waals surface area contributed by atoms with Crippen LogP contribution in [0.3, 0.4) is 0 Å². The number of nitrogens with one attached hydrogen (secondary N) is 1. The van der Waals surface area contributed by atoms with Crippen molar-refractivity contribution < 1.29 is 9.59 Å². The summed E-state index contributed by atoms with van der Waals surface area (Å²) in [4.78, 5) is 25.3. The van der Waals surface area contributed by atoms with E-state index >= 15 is 0 Å². The number of amides is 2. The number of fused-ring (bicyclic) bond motifs is 1. The third-order valence-electron chi connectivity index (χ3n) is 4.05. The van der Waals surface area contributed by atoms with Gasteiger partial charge in [0.15, 0.2) is 0 Å². The molecule has 3 rings (SSSR count). The van der Waals surface area contributed by atoms with Crippen LogP contribution >= 0.6 is 0 Å². The third kappa shape index (κ3) is 1.49. The number of carbonyl (C=O) groups excluding carboxylic acids is 2. The third-order valence-corrected chi connectivity index (χ3v) is 4.05. The summed E-state index contributed by atoms with van der Waals surface area (Å²) in [6.07, 6.45) is 0. The quantitative estimate of drug-likeness (QED) is 0.746. The smallest absolute Gasteiger partial charge is 0.234 e. The Hall–Kier alpha value is -1.68. The molecule has 0 radical (unpaired) electrons. The Bertz CT molecular complexity index is 509. The van der Waals surface area contributed by atoms with Gasteiger partial charge in [0.2, 0.25) is 11.8 Å². The summed E-state index contributed by atoms with van der Waals surface area (Å²) in [5.74, 6) is -0.522. The van der Waals surface area contributed by atoms with Gasteiger partial charge in [-0.25, -0.2) is 0 Å². The molecule has 0 aromatic heterocycles. The maximum Gasteiger partial charge on any atom is 0.234 e. The molecule has 1 aromatic rings. The van der Waals surface area contributed by atoms with Crippen LogP contribution in [0.2, 0.25) is 0 Å². The predicted molar refractivity (Wildman–Crippen MR) is 66.7 cm³/mol. The molecule has 4 heteroatoms. The van der Waals surface area contributed by atoms with Crippen LogP contribution < -0.4 is 5.32 Å². The molecule has 2 saturated heterocycles. The summed E-state index contributed by atoms with van der Waals surface area (Å²) < 4.78 is 0. The molecule has 2 heterocycles. The number of benzene rings is 1. The number of aryl methyl sites for hydroxylation is 1. The molecule has 18 heavy (non-hydrogen) atoms. The maximum atomic E-state index is 12.1. The molecule has 2 aliphatic rings. The van der Waals surface area contributed by atoms with Gasteiger partial charge in [-0.2, -0.15) is 0 Å². The fourth-order valence-electron chi connectivity index (χ4n) is 2.98. The standard InChI is InChI=1S/C14H16N2O2/c1-8-3-5-9(6-4-8)12-11-10(7-15-12)13(17)16(2)14(11)18/h3-6,10-12,15H,7H2,1-2H3/t10-,11-,12?/m0/s1. The largest absolute Gasteiger partial charge is 0.308 e. The van der Waals surface area contributed by atoms with Crippen LogP contribution in [0, 0.1) is 18.8 Å². The van der Waals surface area contributed by atoms with Gasteiger partial charge in [0.05, 0.1) is 11.8 Å². The Balaban J connectivity index is 1.94. The van der Waals surface area contributed by atoms with Gasteiger partial charge in [-0.1, -0.05) is 29.8 Å². The Morgan fingerprint density at radius 3 is 2.50 bits per heavy atom. The number of carbonyl (C=O) groups is 2. The molecule has 94 valence electrons. The van der Waals surface area contributed by atoms with Crippen molar-refractivity contribution in [2.24, 2.45) is 11.8 Å². The lowest BCUT2D eigenvalue weighted by atomic mass is 9.89. The lowest BCUT2D eigenvalue weighted by Gasteiger charge is -2.18. The second kappa shape index (κ2) is 3.92. The van der Waals surface area contributed by atoms with Crippen molar-refractivity contribution in [2.45, 2.75) is 13.0 Å². The van der Waals surface area contributed by atoms with Crippen molar-refractivity contribution in [1.29, 1.82) is 0 Å². The molecular weight excluding hydrogens is 228 g/mol. The van der Waals surface area contributed by atoms with E-state index in [2.05, 4.69) is 5.32 Å². The van der Waals surface area contributed by atoms with Gasteiger partial charge < -0.3 is 5.32 Å². The number of nitrogens with zero attached hydrogens (tertiary/aromatic N) is 1. The molecule has 0 aliphatic carbocycles. The Kier molecular flexibility index (Phi) is 2.48. The van der Waals surface area contributed by atoms with E-state index in [-0.39, 0.29) is 29.7 Å². The Morgan fingerprint density at radius 1 is 1.17 bits per heavy atom. The number of imide groups is 1. The van der Waals surface area contributed by atoms with Crippen LogP contribution in [0.25, 0.3) is 0 Å². The molecule has 3 atom stereocenters. The van der Waals surface area contributed by atoms with E-state index in [4.69, 9.17) is 0 Å². The first kappa shape index (κ1) is 11.4. The molecule has 1 N–H and O–H groups in total. The maximum absolute atomic E-state index is 12.1. The summed E-state index contributed by atoms with van der Waals surface area (Å²) in [6.45, 7) is 2.63. The highest BCUT2D eigenvalue weighted by Gasteiger charge is 2.53. The van der Waals surface area contributed by atoms with Gasteiger partial charge >= 0.3 is 0 Å². The number of rotatable bonds is 1. The van der Waals surface area contributed by atoms with E-state index in [0.29, 0.717) is 6.54 Å². The minimum Gasteiger partial charge on any atom is -0.308 e. The topological polar surface area (TPSA) is 49.4 Å².